The van der Waals surface area contributed by atoms with Gasteiger partial charge in [-0.1, -0.05) is 62.3 Å². The van der Waals surface area contributed by atoms with Crippen molar-refractivity contribution in [1.29, 1.82) is 0 Å². The van der Waals surface area contributed by atoms with Gasteiger partial charge in [0, 0.05) is 53.9 Å². The minimum atomic E-state index is -0.839. The lowest BCUT2D eigenvalue weighted by Gasteiger charge is -2.74. The Balaban J connectivity index is 1.17. The SMILES string of the molecule is CC(C)C1=C2C(CC(=O)N(CCN(C)C)Cc3nccs3)(CC[C@]3(C)[C@]2(N)CC[C@@H]2[C@@]4(C)CC[C@H](OC(=O)[C@H]5C[C@@H](C(=O)O)C5(C)C)C(C)(C)[C@@H]4CC[C@]23C)CC1=O. The average molecular weight is 821 g/mol. The largest absolute Gasteiger partial charge is 0.481 e. The number of Topliss-reactive ketones (excluding diaryl/α,β-unsaturated/α-hetero) is 1. The van der Waals surface area contributed by atoms with Crippen LogP contribution in [0.25, 0.3) is 0 Å². The van der Waals surface area contributed by atoms with Crippen molar-refractivity contribution in [3.05, 3.63) is 27.7 Å². The number of ether oxygens (including phenoxy) is 1. The zero-order chi connectivity index (χ0) is 42.6. The van der Waals surface area contributed by atoms with Gasteiger partial charge in [-0.15, -0.1) is 11.3 Å². The molecular weight excluding hydrogens is 749 g/mol. The van der Waals surface area contributed by atoms with E-state index in [2.05, 4.69) is 58.4 Å². The van der Waals surface area contributed by atoms with Crippen molar-refractivity contribution in [2.24, 2.45) is 67.8 Å². The highest BCUT2D eigenvalue weighted by atomic mass is 32.1. The number of ketones is 1. The standard InChI is InChI=1S/C47H72N4O6S/c1-28(2)37-31(52)25-46(26-36(53)51(22-21-50(10)11)27-35-49-20-23-58-35)19-18-45(9)44(8)16-12-32-42(5,6)34(57-40(56)30-24-29(39(54)55)41(30,3)4)14-15-43(32,7)33(44)13-17-47(45,48)38(37)46/h20,23,28-30,32-34H,12-19,21-22,24-27,48H2,1-11H3,(H,54,55)/t29-,30+,32-,33+,34-,43-,44+,45-,46?,47-/m0/s1. The molecule has 0 aromatic carbocycles. The number of likely N-dealkylation sites (N-methyl/N-ethyl adjacent to an activating group) is 1. The average Bonchev–Trinajstić information content (AvgIpc) is 3.74. The van der Waals surface area contributed by atoms with Crippen LogP contribution >= 0.6 is 11.3 Å². The van der Waals surface area contributed by atoms with E-state index in [1.54, 1.807) is 17.5 Å². The molecule has 1 unspecified atom stereocenters. The van der Waals surface area contributed by atoms with E-state index in [-0.39, 0.29) is 51.3 Å². The molecule has 58 heavy (non-hydrogen) atoms. The van der Waals surface area contributed by atoms with Gasteiger partial charge in [0.05, 0.1) is 18.4 Å². The van der Waals surface area contributed by atoms with E-state index >= 15 is 0 Å². The van der Waals surface area contributed by atoms with Gasteiger partial charge < -0.3 is 25.4 Å². The topological polar surface area (TPSA) is 143 Å². The number of aliphatic carboxylic acids is 1. The van der Waals surface area contributed by atoms with Crippen LogP contribution in [0.2, 0.25) is 0 Å². The number of hydrogen-bond acceptors (Lipinski definition) is 9. The quantitative estimate of drug-likeness (QED) is 0.212. The zero-order valence-electron chi connectivity index (χ0n) is 37.3. The molecule has 0 saturated heterocycles. The Morgan fingerprint density at radius 1 is 0.931 bits per heavy atom. The van der Waals surface area contributed by atoms with E-state index in [9.17, 15) is 24.3 Å². The zero-order valence-corrected chi connectivity index (χ0v) is 38.2. The normalized spacial score (nSPS) is 40.0. The van der Waals surface area contributed by atoms with Gasteiger partial charge in [-0.25, -0.2) is 4.98 Å². The molecule has 11 heteroatoms. The highest BCUT2D eigenvalue weighted by molar-refractivity contribution is 7.09. The molecule has 1 aromatic heterocycles. The van der Waals surface area contributed by atoms with Gasteiger partial charge in [0.15, 0.2) is 5.78 Å². The van der Waals surface area contributed by atoms with E-state index in [1.807, 2.05) is 38.2 Å². The first-order valence-electron chi connectivity index (χ1n) is 22.2. The molecule has 6 aliphatic rings. The van der Waals surface area contributed by atoms with Crippen LogP contribution in [0.5, 0.6) is 0 Å². The third-order valence-electron chi connectivity index (χ3n) is 18.4. The first kappa shape index (κ1) is 43.5. The molecule has 1 amide bonds. The van der Waals surface area contributed by atoms with E-state index in [0.717, 1.165) is 74.1 Å². The van der Waals surface area contributed by atoms with Gasteiger partial charge >= 0.3 is 11.9 Å². The van der Waals surface area contributed by atoms with Crippen molar-refractivity contribution >= 4 is 35.0 Å². The second kappa shape index (κ2) is 14.5. The maximum Gasteiger partial charge on any atom is 0.309 e. The number of nitrogens with two attached hydrogens (primary N) is 1. The van der Waals surface area contributed by atoms with E-state index < -0.39 is 34.2 Å². The molecule has 5 fully saturated rings. The number of amides is 1. The van der Waals surface area contributed by atoms with Crippen LogP contribution in [-0.4, -0.2) is 82.3 Å². The summed E-state index contributed by atoms with van der Waals surface area (Å²) in [4.78, 5) is 63.1. The Bertz CT molecular complexity index is 1860. The molecule has 7 rings (SSSR count). The first-order chi connectivity index (χ1) is 26.9. The summed E-state index contributed by atoms with van der Waals surface area (Å²) in [6.45, 7) is 21.9. The van der Waals surface area contributed by atoms with Crippen LogP contribution in [0.3, 0.4) is 0 Å². The number of carboxylic acids is 1. The van der Waals surface area contributed by atoms with E-state index in [1.165, 1.54) is 0 Å². The van der Waals surface area contributed by atoms with Crippen LogP contribution in [0.1, 0.15) is 138 Å². The molecule has 1 aromatic rings. The summed E-state index contributed by atoms with van der Waals surface area (Å²) in [5, 5.41) is 12.6. The van der Waals surface area contributed by atoms with Gasteiger partial charge in [0.25, 0.3) is 0 Å². The van der Waals surface area contributed by atoms with Crippen molar-refractivity contribution in [3.63, 3.8) is 0 Å². The molecule has 5 saturated carbocycles. The molecule has 0 aliphatic heterocycles. The number of carboxylic acid groups (broad SMARTS) is 1. The molecule has 10 atom stereocenters. The molecule has 0 bridgehead atoms. The van der Waals surface area contributed by atoms with Crippen molar-refractivity contribution in [2.75, 3.05) is 27.2 Å². The van der Waals surface area contributed by atoms with E-state index in [0.29, 0.717) is 44.2 Å². The van der Waals surface area contributed by atoms with Crippen molar-refractivity contribution < 1.29 is 29.0 Å². The van der Waals surface area contributed by atoms with Crippen LogP contribution in [0, 0.1) is 62.1 Å². The predicted octanol–water partition coefficient (Wildman–Crippen LogP) is 8.14. The molecule has 1 heterocycles. The van der Waals surface area contributed by atoms with Crippen molar-refractivity contribution in [3.8, 4) is 0 Å². The van der Waals surface area contributed by atoms with Crippen LogP contribution in [0.4, 0.5) is 0 Å². The number of aromatic nitrogens is 1. The minimum absolute atomic E-state index is 0.00190. The summed E-state index contributed by atoms with van der Waals surface area (Å²) in [5.41, 5.74) is 7.51. The van der Waals surface area contributed by atoms with Crippen molar-refractivity contribution in [2.45, 2.75) is 151 Å². The second-order valence-corrected chi connectivity index (χ2v) is 23.2. The summed E-state index contributed by atoms with van der Waals surface area (Å²) in [6, 6.07) is 0. The Hall–Kier alpha value is -2.63. The number of allylic oxidation sites excluding steroid dienone is 1. The van der Waals surface area contributed by atoms with Gasteiger partial charge in [0.2, 0.25) is 5.91 Å². The smallest absolute Gasteiger partial charge is 0.309 e. The number of fused-ring (bicyclic) bond motifs is 7. The summed E-state index contributed by atoms with van der Waals surface area (Å²) >= 11 is 1.57. The monoisotopic (exact) mass is 821 g/mol. The Kier molecular flexibility index (Phi) is 10.9. The molecule has 0 spiro atoms. The maximum absolute atomic E-state index is 14.6. The molecular formula is C47H72N4O6S. The molecule has 3 N–H and O–H groups in total. The highest BCUT2D eigenvalue weighted by Crippen LogP contribution is 2.77. The van der Waals surface area contributed by atoms with Crippen molar-refractivity contribution in [1.82, 2.24) is 14.8 Å². The number of carbonyl (C=O) groups is 4. The van der Waals surface area contributed by atoms with Gasteiger partial charge in [-0.3, -0.25) is 19.2 Å². The number of hydrogen-bond donors (Lipinski definition) is 2. The number of nitrogens with zero attached hydrogens (tertiary/aromatic N) is 3. The fourth-order valence-corrected chi connectivity index (χ4v) is 15.4. The van der Waals surface area contributed by atoms with Gasteiger partial charge in [-0.05, 0) is 122 Å². The van der Waals surface area contributed by atoms with Crippen LogP contribution < -0.4 is 5.73 Å². The molecule has 10 nitrogen and oxygen atoms in total. The molecule has 0 radical (unpaired) electrons. The predicted molar refractivity (Wildman–Crippen MR) is 226 cm³/mol. The lowest BCUT2D eigenvalue weighted by atomic mass is 9.31. The van der Waals surface area contributed by atoms with E-state index in [4.69, 9.17) is 10.5 Å². The number of esters is 1. The fourth-order valence-electron chi connectivity index (χ4n) is 14.8. The third-order valence-corrected chi connectivity index (χ3v) is 19.1. The lowest BCUT2D eigenvalue weighted by Crippen LogP contribution is -2.74. The third kappa shape index (κ3) is 6.30. The van der Waals surface area contributed by atoms with Gasteiger partial charge in [0.1, 0.15) is 11.1 Å². The fraction of sp³-hybridized carbons (Fsp3) is 0.809. The minimum Gasteiger partial charge on any atom is -0.481 e. The second-order valence-electron chi connectivity index (χ2n) is 22.2. The van der Waals surface area contributed by atoms with Crippen LogP contribution in [0.15, 0.2) is 22.7 Å². The summed E-state index contributed by atoms with van der Waals surface area (Å²) < 4.78 is 6.43. The number of rotatable bonds is 11. The first-order valence-corrected chi connectivity index (χ1v) is 23.1. The summed E-state index contributed by atoms with van der Waals surface area (Å²) in [6.07, 6.45) is 9.69. The lowest BCUT2D eigenvalue weighted by molar-refractivity contribution is -0.239. The summed E-state index contributed by atoms with van der Waals surface area (Å²) in [5.74, 6) is -1.00. The Morgan fingerprint density at radius 2 is 1.62 bits per heavy atom. The highest BCUT2D eigenvalue weighted by Gasteiger charge is 2.74. The van der Waals surface area contributed by atoms with Crippen LogP contribution in [-0.2, 0) is 30.5 Å². The molecule has 322 valence electrons. The number of carbonyl (C=O) groups excluding carboxylic acids is 3. The molecule has 6 aliphatic carbocycles. The maximum atomic E-state index is 14.6. The summed E-state index contributed by atoms with van der Waals surface area (Å²) in [7, 11) is 4.05. The number of thiazole rings is 1. The Labute approximate surface area is 351 Å². The Morgan fingerprint density at radius 3 is 2.22 bits per heavy atom. The van der Waals surface area contributed by atoms with Gasteiger partial charge in [-0.2, -0.15) is 0 Å².